The third kappa shape index (κ3) is 3.51. The fraction of sp³-hybridized carbons (Fsp3) is 0.562. The van der Waals surface area contributed by atoms with E-state index in [-0.39, 0.29) is 5.91 Å². The highest BCUT2D eigenvalue weighted by Crippen LogP contribution is 2.16. The van der Waals surface area contributed by atoms with Gasteiger partial charge in [0, 0.05) is 37.9 Å². The fourth-order valence-electron chi connectivity index (χ4n) is 2.77. The predicted molar refractivity (Wildman–Crippen MR) is 83.4 cm³/mol. The Morgan fingerprint density at radius 3 is 2.65 bits per heavy atom. The number of amides is 1. The van der Waals surface area contributed by atoms with E-state index in [9.17, 15) is 4.79 Å². The summed E-state index contributed by atoms with van der Waals surface area (Å²) >= 11 is 0. The number of likely N-dealkylation sites (N-methyl/N-ethyl adjacent to an activating group) is 1. The summed E-state index contributed by atoms with van der Waals surface area (Å²) in [6, 6.07) is 8.23. The standard InChI is InChI=1S/C16H25N3O/c1-4-19-11-5-6-15(19)12-17-16(20)13-7-9-14(10-8-13)18(2)3/h7-10,15H,4-6,11-12H2,1-3H3,(H,17,20). The number of benzene rings is 1. The van der Waals surface area contributed by atoms with E-state index in [1.807, 2.05) is 43.3 Å². The molecule has 1 aliphatic rings. The average molecular weight is 275 g/mol. The fourth-order valence-corrected chi connectivity index (χ4v) is 2.77. The second kappa shape index (κ2) is 6.75. The molecule has 1 aromatic rings. The van der Waals surface area contributed by atoms with Crippen molar-refractivity contribution in [2.75, 3.05) is 38.6 Å². The van der Waals surface area contributed by atoms with E-state index in [0.29, 0.717) is 6.04 Å². The van der Waals surface area contributed by atoms with Crippen molar-refractivity contribution in [3.63, 3.8) is 0 Å². The summed E-state index contributed by atoms with van der Waals surface area (Å²) in [5.74, 6) is 0.0262. The first-order chi connectivity index (χ1) is 9.61. The minimum absolute atomic E-state index is 0.0262. The molecule has 110 valence electrons. The van der Waals surface area contributed by atoms with Gasteiger partial charge in [0.05, 0.1) is 0 Å². The van der Waals surface area contributed by atoms with Crippen molar-refractivity contribution in [2.45, 2.75) is 25.8 Å². The molecule has 20 heavy (non-hydrogen) atoms. The van der Waals surface area contributed by atoms with Crippen LogP contribution in [0.5, 0.6) is 0 Å². The summed E-state index contributed by atoms with van der Waals surface area (Å²) in [6.07, 6.45) is 2.43. The van der Waals surface area contributed by atoms with Gasteiger partial charge in [-0.05, 0) is 50.2 Å². The Bertz CT molecular complexity index is 442. The van der Waals surface area contributed by atoms with Gasteiger partial charge in [-0.1, -0.05) is 6.92 Å². The molecule has 1 heterocycles. The lowest BCUT2D eigenvalue weighted by molar-refractivity contribution is 0.0941. The van der Waals surface area contributed by atoms with E-state index in [4.69, 9.17) is 0 Å². The van der Waals surface area contributed by atoms with Gasteiger partial charge < -0.3 is 10.2 Å². The van der Waals surface area contributed by atoms with Gasteiger partial charge in [-0.3, -0.25) is 9.69 Å². The molecule has 1 N–H and O–H groups in total. The third-order valence-electron chi connectivity index (χ3n) is 4.05. The van der Waals surface area contributed by atoms with Gasteiger partial charge in [0.1, 0.15) is 0 Å². The summed E-state index contributed by atoms with van der Waals surface area (Å²) in [4.78, 5) is 16.6. The van der Waals surface area contributed by atoms with Crippen LogP contribution in [0.25, 0.3) is 0 Å². The highest BCUT2D eigenvalue weighted by Gasteiger charge is 2.23. The molecule has 1 saturated heterocycles. The molecule has 0 bridgehead atoms. The Kier molecular flexibility index (Phi) is 5.01. The molecule has 1 aliphatic heterocycles. The van der Waals surface area contributed by atoms with Crippen LogP contribution in [0.2, 0.25) is 0 Å². The number of rotatable bonds is 5. The Morgan fingerprint density at radius 1 is 1.35 bits per heavy atom. The molecule has 0 spiro atoms. The van der Waals surface area contributed by atoms with Crippen LogP contribution in [-0.4, -0.2) is 50.6 Å². The average Bonchev–Trinajstić information content (AvgIpc) is 2.92. The maximum atomic E-state index is 12.1. The number of likely N-dealkylation sites (tertiary alicyclic amines) is 1. The second-order valence-electron chi connectivity index (χ2n) is 5.58. The second-order valence-corrected chi connectivity index (χ2v) is 5.58. The molecule has 1 unspecified atom stereocenters. The molecule has 2 rings (SSSR count). The van der Waals surface area contributed by atoms with E-state index in [2.05, 4.69) is 17.1 Å². The van der Waals surface area contributed by atoms with E-state index in [1.54, 1.807) is 0 Å². The van der Waals surface area contributed by atoms with Crippen molar-refractivity contribution in [2.24, 2.45) is 0 Å². The van der Waals surface area contributed by atoms with Crippen molar-refractivity contribution in [3.05, 3.63) is 29.8 Å². The number of carbonyl (C=O) groups excluding carboxylic acids is 1. The van der Waals surface area contributed by atoms with Crippen molar-refractivity contribution in [1.82, 2.24) is 10.2 Å². The van der Waals surface area contributed by atoms with Crippen LogP contribution in [0.1, 0.15) is 30.1 Å². The smallest absolute Gasteiger partial charge is 0.251 e. The minimum Gasteiger partial charge on any atom is -0.378 e. The SMILES string of the molecule is CCN1CCCC1CNC(=O)c1ccc(N(C)C)cc1. The zero-order valence-corrected chi connectivity index (χ0v) is 12.7. The largest absolute Gasteiger partial charge is 0.378 e. The van der Waals surface area contributed by atoms with Crippen molar-refractivity contribution >= 4 is 11.6 Å². The number of hydrogen-bond donors (Lipinski definition) is 1. The highest BCUT2D eigenvalue weighted by molar-refractivity contribution is 5.94. The normalized spacial score (nSPS) is 19.1. The van der Waals surface area contributed by atoms with Gasteiger partial charge in [-0.2, -0.15) is 0 Å². The summed E-state index contributed by atoms with van der Waals surface area (Å²) < 4.78 is 0. The molecule has 1 aromatic carbocycles. The molecule has 1 amide bonds. The van der Waals surface area contributed by atoms with E-state index >= 15 is 0 Å². The lowest BCUT2D eigenvalue weighted by Gasteiger charge is -2.22. The maximum Gasteiger partial charge on any atom is 0.251 e. The number of hydrogen-bond acceptors (Lipinski definition) is 3. The van der Waals surface area contributed by atoms with Gasteiger partial charge in [-0.15, -0.1) is 0 Å². The van der Waals surface area contributed by atoms with Gasteiger partial charge in [-0.25, -0.2) is 0 Å². The van der Waals surface area contributed by atoms with Crippen LogP contribution in [0, 0.1) is 0 Å². The summed E-state index contributed by atoms with van der Waals surface area (Å²) in [7, 11) is 3.99. The van der Waals surface area contributed by atoms with Crippen LogP contribution in [0.4, 0.5) is 5.69 Å². The summed E-state index contributed by atoms with van der Waals surface area (Å²) in [6.45, 7) is 5.16. The number of carbonyl (C=O) groups is 1. The molecular formula is C16H25N3O. The summed E-state index contributed by atoms with van der Waals surface area (Å²) in [5, 5.41) is 3.06. The number of nitrogens with zero attached hydrogens (tertiary/aromatic N) is 2. The van der Waals surface area contributed by atoms with Crippen LogP contribution in [0.15, 0.2) is 24.3 Å². The molecule has 0 aliphatic carbocycles. The zero-order chi connectivity index (χ0) is 14.5. The quantitative estimate of drug-likeness (QED) is 0.892. The van der Waals surface area contributed by atoms with E-state index in [1.165, 1.54) is 12.8 Å². The van der Waals surface area contributed by atoms with Crippen molar-refractivity contribution < 1.29 is 4.79 Å². The van der Waals surface area contributed by atoms with E-state index in [0.717, 1.165) is 30.9 Å². The highest BCUT2D eigenvalue weighted by atomic mass is 16.1. The Hall–Kier alpha value is -1.55. The van der Waals surface area contributed by atoms with Crippen LogP contribution in [-0.2, 0) is 0 Å². The predicted octanol–water partition coefficient (Wildman–Crippen LogP) is 1.97. The number of anilines is 1. The van der Waals surface area contributed by atoms with Gasteiger partial charge in [0.15, 0.2) is 0 Å². The molecule has 0 aromatic heterocycles. The van der Waals surface area contributed by atoms with Crippen LogP contribution < -0.4 is 10.2 Å². The topological polar surface area (TPSA) is 35.6 Å². The van der Waals surface area contributed by atoms with Crippen LogP contribution in [0.3, 0.4) is 0 Å². The Labute approximate surface area is 121 Å². The van der Waals surface area contributed by atoms with Crippen molar-refractivity contribution in [1.29, 1.82) is 0 Å². The minimum atomic E-state index is 0.0262. The Morgan fingerprint density at radius 2 is 2.05 bits per heavy atom. The first kappa shape index (κ1) is 14.9. The zero-order valence-electron chi connectivity index (χ0n) is 12.7. The molecular weight excluding hydrogens is 250 g/mol. The first-order valence-electron chi connectivity index (χ1n) is 7.41. The lowest BCUT2D eigenvalue weighted by Crippen LogP contribution is -2.40. The maximum absolute atomic E-state index is 12.1. The van der Waals surface area contributed by atoms with Crippen LogP contribution >= 0.6 is 0 Å². The van der Waals surface area contributed by atoms with Gasteiger partial charge >= 0.3 is 0 Å². The summed E-state index contributed by atoms with van der Waals surface area (Å²) in [5.41, 5.74) is 1.84. The Balaban J connectivity index is 1.88. The molecule has 1 atom stereocenters. The van der Waals surface area contributed by atoms with Gasteiger partial charge in [0.2, 0.25) is 0 Å². The lowest BCUT2D eigenvalue weighted by atomic mass is 10.1. The van der Waals surface area contributed by atoms with E-state index < -0.39 is 0 Å². The molecule has 4 nitrogen and oxygen atoms in total. The molecule has 4 heteroatoms. The van der Waals surface area contributed by atoms with Crippen molar-refractivity contribution in [3.8, 4) is 0 Å². The monoisotopic (exact) mass is 275 g/mol. The molecule has 0 saturated carbocycles. The molecule has 0 radical (unpaired) electrons. The van der Waals surface area contributed by atoms with Gasteiger partial charge in [0.25, 0.3) is 5.91 Å². The number of nitrogens with one attached hydrogen (secondary N) is 1. The third-order valence-corrected chi connectivity index (χ3v) is 4.05. The first-order valence-corrected chi connectivity index (χ1v) is 7.41. The molecule has 1 fully saturated rings.